The lowest BCUT2D eigenvalue weighted by atomic mass is 9.98. The van der Waals surface area contributed by atoms with E-state index >= 15 is 0 Å². The van der Waals surface area contributed by atoms with Crippen LogP contribution in [0.4, 0.5) is 10.5 Å². The molecule has 0 aliphatic rings. The zero-order valence-electron chi connectivity index (χ0n) is 22.5. The highest BCUT2D eigenvalue weighted by atomic mass is 35.5. The van der Waals surface area contributed by atoms with Crippen LogP contribution in [0.2, 0.25) is 5.02 Å². The molecule has 2 aromatic rings. The van der Waals surface area contributed by atoms with Crippen molar-refractivity contribution in [1.29, 1.82) is 0 Å². The third-order valence-electron chi connectivity index (χ3n) is 5.41. The third-order valence-corrected chi connectivity index (χ3v) is 5.72. The summed E-state index contributed by atoms with van der Waals surface area (Å²) >= 11 is 6.35. The maximum atomic E-state index is 13.8. The standard InChI is InChI=1S/C29H36ClN3O4/c1-9-33(27(35)23(16-18(2)3)31-28(36)37-29(6,7)8)25(21-14-10-12-19(4)17-21)26(34)32-24-20(5)13-11-15-22(24)30/h1,10-15,17-18,23,25H,16H2,2-8H3,(H,31,36)(H,32,34). The van der Waals surface area contributed by atoms with Crippen LogP contribution in [0.5, 0.6) is 0 Å². The molecule has 0 fully saturated rings. The van der Waals surface area contributed by atoms with E-state index in [-0.39, 0.29) is 5.92 Å². The number of carbonyl (C=O) groups is 3. The Bertz CT molecular complexity index is 1160. The second-order valence-corrected chi connectivity index (χ2v) is 10.8. The minimum absolute atomic E-state index is 0.0422. The van der Waals surface area contributed by atoms with E-state index in [1.165, 1.54) is 0 Å². The summed E-state index contributed by atoms with van der Waals surface area (Å²) in [4.78, 5) is 41.1. The van der Waals surface area contributed by atoms with Gasteiger partial charge in [0.05, 0.1) is 10.7 Å². The molecule has 0 radical (unpaired) electrons. The molecular weight excluding hydrogens is 490 g/mol. The number of terminal acetylenes is 1. The van der Waals surface area contributed by atoms with Crippen LogP contribution in [0.15, 0.2) is 42.5 Å². The van der Waals surface area contributed by atoms with E-state index in [4.69, 9.17) is 22.8 Å². The number of para-hydroxylation sites is 1. The molecule has 0 aliphatic carbocycles. The molecule has 2 rings (SSSR count). The predicted molar refractivity (Wildman–Crippen MR) is 147 cm³/mol. The highest BCUT2D eigenvalue weighted by Gasteiger charge is 2.36. The second-order valence-electron chi connectivity index (χ2n) is 10.4. The van der Waals surface area contributed by atoms with Gasteiger partial charge in [-0.1, -0.05) is 73.8 Å². The van der Waals surface area contributed by atoms with Crippen LogP contribution in [0.1, 0.15) is 63.8 Å². The Labute approximate surface area is 224 Å². The van der Waals surface area contributed by atoms with Gasteiger partial charge in [-0.25, -0.2) is 4.79 Å². The molecule has 2 unspecified atom stereocenters. The number of hydrogen-bond donors (Lipinski definition) is 2. The zero-order valence-corrected chi connectivity index (χ0v) is 23.3. The number of alkyl carbamates (subject to hydrolysis) is 1. The minimum Gasteiger partial charge on any atom is -0.444 e. The number of ether oxygens (including phenoxy) is 1. The fourth-order valence-electron chi connectivity index (χ4n) is 3.82. The first-order chi connectivity index (χ1) is 17.2. The third kappa shape index (κ3) is 8.54. The van der Waals surface area contributed by atoms with Crippen LogP contribution in [0.3, 0.4) is 0 Å². The van der Waals surface area contributed by atoms with Gasteiger partial charge in [-0.05, 0) is 64.2 Å². The van der Waals surface area contributed by atoms with E-state index in [2.05, 4.69) is 16.7 Å². The van der Waals surface area contributed by atoms with Crippen molar-refractivity contribution >= 4 is 35.2 Å². The van der Waals surface area contributed by atoms with Crippen LogP contribution in [-0.2, 0) is 14.3 Å². The summed E-state index contributed by atoms with van der Waals surface area (Å²) in [6, 6.07) is 12.7. The Morgan fingerprint density at radius 2 is 1.76 bits per heavy atom. The van der Waals surface area contributed by atoms with E-state index in [0.29, 0.717) is 22.7 Å². The van der Waals surface area contributed by atoms with Crippen LogP contribution in [-0.4, -0.2) is 34.5 Å². The van der Waals surface area contributed by atoms with Crippen molar-refractivity contribution < 1.29 is 19.1 Å². The molecule has 0 spiro atoms. The summed E-state index contributed by atoms with van der Waals surface area (Å²) < 4.78 is 5.36. The van der Waals surface area contributed by atoms with Gasteiger partial charge in [-0.2, -0.15) is 0 Å². The van der Waals surface area contributed by atoms with Gasteiger partial charge >= 0.3 is 6.09 Å². The molecule has 7 nitrogen and oxygen atoms in total. The van der Waals surface area contributed by atoms with E-state index in [0.717, 1.165) is 16.0 Å². The number of carbonyl (C=O) groups excluding carboxylic acids is 3. The minimum atomic E-state index is -1.18. The maximum Gasteiger partial charge on any atom is 0.408 e. The number of halogens is 1. The monoisotopic (exact) mass is 525 g/mol. The van der Waals surface area contributed by atoms with Crippen molar-refractivity contribution in [3.63, 3.8) is 0 Å². The predicted octanol–water partition coefficient (Wildman–Crippen LogP) is 6.00. The van der Waals surface area contributed by atoms with Gasteiger partial charge in [0.1, 0.15) is 17.7 Å². The number of rotatable bonds is 8. The largest absolute Gasteiger partial charge is 0.444 e. The second kappa shape index (κ2) is 12.6. The van der Waals surface area contributed by atoms with Crippen LogP contribution < -0.4 is 10.6 Å². The van der Waals surface area contributed by atoms with Gasteiger partial charge in [-0.3, -0.25) is 14.5 Å². The fourth-order valence-corrected chi connectivity index (χ4v) is 4.08. The number of hydrogen-bond acceptors (Lipinski definition) is 4. The molecule has 2 aromatic carbocycles. The maximum absolute atomic E-state index is 13.8. The van der Waals surface area contributed by atoms with Gasteiger partial charge in [-0.15, -0.1) is 0 Å². The normalized spacial score (nSPS) is 12.8. The molecule has 0 aliphatic heterocycles. The Morgan fingerprint density at radius 3 is 2.30 bits per heavy atom. The van der Waals surface area contributed by atoms with Crippen molar-refractivity contribution in [1.82, 2.24) is 10.2 Å². The lowest BCUT2D eigenvalue weighted by Crippen LogP contribution is -2.51. The summed E-state index contributed by atoms with van der Waals surface area (Å²) in [5.74, 6) is -1.09. The quantitative estimate of drug-likeness (QED) is 0.327. The Hall–Kier alpha value is -3.50. The van der Waals surface area contributed by atoms with Gasteiger partial charge in [0.25, 0.3) is 11.8 Å². The molecule has 0 saturated heterocycles. The van der Waals surface area contributed by atoms with Crippen LogP contribution in [0.25, 0.3) is 0 Å². The van der Waals surface area contributed by atoms with Crippen LogP contribution in [0, 0.1) is 32.2 Å². The van der Waals surface area contributed by atoms with E-state index < -0.39 is 35.6 Å². The topological polar surface area (TPSA) is 87.7 Å². The van der Waals surface area contributed by atoms with Crippen molar-refractivity contribution in [2.24, 2.45) is 5.92 Å². The van der Waals surface area contributed by atoms with Gasteiger partial charge in [0.15, 0.2) is 0 Å². The summed E-state index contributed by atoms with van der Waals surface area (Å²) in [7, 11) is 0. The highest BCUT2D eigenvalue weighted by Crippen LogP contribution is 2.29. The average Bonchev–Trinajstić information content (AvgIpc) is 2.77. The number of aryl methyl sites for hydroxylation is 2. The molecule has 0 heterocycles. The molecule has 2 atom stereocenters. The smallest absolute Gasteiger partial charge is 0.408 e. The molecule has 2 N–H and O–H groups in total. The summed E-state index contributed by atoms with van der Waals surface area (Å²) in [6.45, 7) is 12.7. The Balaban J connectivity index is 2.50. The molecule has 8 heteroatoms. The average molecular weight is 526 g/mol. The number of nitrogens with one attached hydrogen (secondary N) is 2. The lowest BCUT2D eigenvalue weighted by molar-refractivity contribution is -0.137. The molecule has 3 amide bonds. The fraction of sp³-hybridized carbons (Fsp3) is 0.414. The van der Waals surface area contributed by atoms with Crippen molar-refractivity contribution in [3.05, 3.63) is 64.2 Å². The summed E-state index contributed by atoms with van der Waals surface area (Å²) in [5.41, 5.74) is 1.85. The van der Waals surface area contributed by atoms with Crippen molar-refractivity contribution in [2.75, 3.05) is 5.32 Å². The van der Waals surface area contributed by atoms with Gasteiger partial charge in [0, 0.05) is 6.04 Å². The van der Waals surface area contributed by atoms with Crippen molar-refractivity contribution in [2.45, 2.75) is 72.6 Å². The van der Waals surface area contributed by atoms with Gasteiger partial charge in [0.2, 0.25) is 0 Å². The van der Waals surface area contributed by atoms with E-state index in [9.17, 15) is 14.4 Å². The van der Waals surface area contributed by atoms with E-state index in [1.54, 1.807) is 51.1 Å². The molecule has 0 bridgehead atoms. The van der Waals surface area contributed by atoms with E-state index in [1.807, 2.05) is 39.8 Å². The first-order valence-corrected chi connectivity index (χ1v) is 12.5. The Morgan fingerprint density at radius 1 is 1.11 bits per heavy atom. The molecule has 0 aromatic heterocycles. The lowest BCUT2D eigenvalue weighted by Gasteiger charge is -2.31. The number of nitrogens with zero attached hydrogens (tertiary/aromatic N) is 1. The first kappa shape index (κ1) is 29.7. The number of benzene rings is 2. The van der Waals surface area contributed by atoms with Gasteiger partial charge < -0.3 is 15.4 Å². The highest BCUT2D eigenvalue weighted by molar-refractivity contribution is 6.34. The first-order valence-electron chi connectivity index (χ1n) is 12.1. The van der Waals surface area contributed by atoms with Crippen LogP contribution >= 0.6 is 11.6 Å². The Kier molecular flexibility index (Phi) is 10.2. The number of amides is 3. The number of anilines is 1. The zero-order chi connectivity index (χ0) is 27.9. The SMILES string of the molecule is C#CN(C(=O)C(CC(C)C)NC(=O)OC(C)(C)C)C(C(=O)Nc1c(C)cccc1Cl)c1cccc(C)c1. The summed E-state index contributed by atoms with van der Waals surface area (Å²) in [6.07, 6.45) is 5.40. The molecule has 0 saturated carbocycles. The molecule has 37 heavy (non-hydrogen) atoms. The molecule has 198 valence electrons. The molecular formula is C29H36ClN3O4. The van der Waals surface area contributed by atoms with Crippen molar-refractivity contribution in [3.8, 4) is 12.5 Å². The summed E-state index contributed by atoms with van der Waals surface area (Å²) in [5, 5.41) is 5.85.